The van der Waals surface area contributed by atoms with Crippen LogP contribution in [0.5, 0.6) is 0 Å². The molecule has 2 amide bonds. The number of hydrogen-bond donors (Lipinski definition) is 2. The van der Waals surface area contributed by atoms with Crippen LogP contribution in [0.4, 0.5) is 0 Å². The topological polar surface area (TPSA) is 76.0 Å². The number of nitrogens with one attached hydrogen (secondary N) is 2. The van der Waals surface area contributed by atoms with Gasteiger partial charge in [0.25, 0.3) is 5.91 Å². The van der Waals surface area contributed by atoms with Gasteiger partial charge in [0.1, 0.15) is 4.83 Å². The largest absolute Gasteiger partial charge is 0.354 e. The third kappa shape index (κ3) is 5.18. The van der Waals surface area contributed by atoms with Gasteiger partial charge >= 0.3 is 0 Å². The quantitative estimate of drug-likeness (QED) is 0.382. The van der Waals surface area contributed by atoms with Crippen LogP contribution in [-0.4, -0.2) is 34.7 Å². The van der Waals surface area contributed by atoms with E-state index in [0.717, 1.165) is 27.0 Å². The number of hydrogen-bond acceptors (Lipinski definition) is 4. The highest BCUT2D eigenvalue weighted by molar-refractivity contribution is 7.20. The molecule has 4 rings (SSSR count). The summed E-state index contributed by atoms with van der Waals surface area (Å²) >= 11 is 7.70. The molecule has 4 aromatic rings. The van der Waals surface area contributed by atoms with Crippen molar-refractivity contribution in [3.05, 3.63) is 87.4 Å². The van der Waals surface area contributed by atoms with Gasteiger partial charge in [-0.3, -0.25) is 14.3 Å². The van der Waals surface area contributed by atoms with E-state index in [-0.39, 0.29) is 11.8 Å². The highest BCUT2D eigenvalue weighted by atomic mass is 35.5. The van der Waals surface area contributed by atoms with Gasteiger partial charge in [-0.1, -0.05) is 60.1 Å². The molecular formula is C24H23ClN4O2S. The smallest absolute Gasteiger partial charge is 0.261 e. The molecule has 6 nitrogen and oxygen atoms in total. The zero-order valence-electron chi connectivity index (χ0n) is 17.6. The van der Waals surface area contributed by atoms with E-state index in [1.165, 1.54) is 11.3 Å². The highest BCUT2D eigenvalue weighted by Crippen LogP contribution is 2.29. The maximum atomic E-state index is 12.6. The second-order valence-corrected chi connectivity index (χ2v) is 8.87. The van der Waals surface area contributed by atoms with Gasteiger partial charge in [-0.05, 0) is 30.2 Å². The summed E-state index contributed by atoms with van der Waals surface area (Å²) in [4.78, 5) is 26.2. The summed E-state index contributed by atoms with van der Waals surface area (Å²) in [6, 6.07) is 19.1. The van der Waals surface area contributed by atoms with Crippen LogP contribution in [0.1, 0.15) is 26.5 Å². The molecule has 2 N–H and O–H groups in total. The Hall–Kier alpha value is -3.16. The summed E-state index contributed by atoms with van der Waals surface area (Å²) in [5.74, 6) is -0.227. The molecule has 0 aliphatic rings. The molecule has 2 aromatic heterocycles. The normalized spacial score (nSPS) is 10.9. The SMILES string of the molecule is Cc1nn(Cc2ccccc2Cl)c2sc(C(=O)NCCNC(=O)Cc3ccccc3)cc12. The van der Waals surface area contributed by atoms with Crippen LogP contribution in [0.3, 0.4) is 0 Å². The van der Waals surface area contributed by atoms with Crippen LogP contribution in [-0.2, 0) is 17.8 Å². The summed E-state index contributed by atoms with van der Waals surface area (Å²) in [6.45, 7) is 3.21. The number of halogens is 1. The number of aromatic nitrogens is 2. The molecule has 0 aliphatic carbocycles. The lowest BCUT2D eigenvalue weighted by Crippen LogP contribution is -2.35. The van der Waals surface area contributed by atoms with Crippen molar-refractivity contribution in [2.45, 2.75) is 19.9 Å². The maximum Gasteiger partial charge on any atom is 0.261 e. The molecule has 0 saturated carbocycles. The molecule has 2 aromatic carbocycles. The molecule has 0 spiro atoms. The van der Waals surface area contributed by atoms with E-state index < -0.39 is 0 Å². The monoisotopic (exact) mass is 466 g/mol. The van der Waals surface area contributed by atoms with Gasteiger partial charge in [-0.15, -0.1) is 11.3 Å². The highest BCUT2D eigenvalue weighted by Gasteiger charge is 2.17. The van der Waals surface area contributed by atoms with Gasteiger partial charge in [0.2, 0.25) is 5.91 Å². The van der Waals surface area contributed by atoms with Crippen molar-refractivity contribution in [2.24, 2.45) is 0 Å². The van der Waals surface area contributed by atoms with Crippen molar-refractivity contribution in [3.8, 4) is 0 Å². The third-order valence-electron chi connectivity index (χ3n) is 5.05. The molecule has 0 saturated heterocycles. The third-order valence-corrected chi connectivity index (χ3v) is 6.57. The Morgan fingerprint density at radius 3 is 2.53 bits per heavy atom. The number of benzene rings is 2. The average molecular weight is 467 g/mol. The van der Waals surface area contributed by atoms with Gasteiger partial charge in [0.15, 0.2) is 0 Å². The Labute approximate surface area is 195 Å². The van der Waals surface area contributed by atoms with Gasteiger partial charge < -0.3 is 10.6 Å². The molecule has 164 valence electrons. The summed E-state index contributed by atoms with van der Waals surface area (Å²) in [7, 11) is 0. The van der Waals surface area contributed by atoms with Crippen molar-refractivity contribution >= 4 is 45.0 Å². The van der Waals surface area contributed by atoms with Crippen molar-refractivity contribution in [1.29, 1.82) is 0 Å². The molecule has 0 fully saturated rings. The van der Waals surface area contributed by atoms with Crippen LogP contribution in [0, 0.1) is 6.92 Å². The number of nitrogens with zero attached hydrogens (tertiary/aromatic N) is 2. The van der Waals surface area contributed by atoms with Crippen LogP contribution >= 0.6 is 22.9 Å². The molecule has 32 heavy (non-hydrogen) atoms. The van der Waals surface area contributed by atoms with E-state index in [9.17, 15) is 9.59 Å². The van der Waals surface area contributed by atoms with Crippen LogP contribution in [0.2, 0.25) is 5.02 Å². The standard InChI is InChI=1S/C24H23ClN4O2S/c1-16-19-14-21(32-24(19)29(28-16)15-18-9-5-6-10-20(18)25)23(31)27-12-11-26-22(30)13-17-7-3-2-4-8-17/h2-10,14H,11-13,15H2,1H3,(H,26,30)(H,27,31). The first kappa shape index (κ1) is 22.0. The maximum absolute atomic E-state index is 12.6. The van der Waals surface area contributed by atoms with Gasteiger partial charge in [-0.25, -0.2) is 0 Å². The Morgan fingerprint density at radius 2 is 1.75 bits per heavy atom. The summed E-state index contributed by atoms with van der Waals surface area (Å²) in [5.41, 5.74) is 2.81. The van der Waals surface area contributed by atoms with Crippen molar-refractivity contribution in [1.82, 2.24) is 20.4 Å². The van der Waals surface area contributed by atoms with E-state index in [0.29, 0.717) is 36.0 Å². The summed E-state index contributed by atoms with van der Waals surface area (Å²) in [5, 5.41) is 12.0. The van der Waals surface area contributed by atoms with Crippen LogP contribution in [0.25, 0.3) is 10.2 Å². The Morgan fingerprint density at radius 1 is 1.03 bits per heavy atom. The van der Waals surface area contributed by atoms with Crippen molar-refractivity contribution < 1.29 is 9.59 Å². The number of carbonyl (C=O) groups is 2. The second kappa shape index (κ2) is 9.97. The Kier molecular flexibility index (Phi) is 6.87. The fourth-order valence-electron chi connectivity index (χ4n) is 3.43. The molecular weight excluding hydrogens is 444 g/mol. The molecule has 8 heteroatoms. The van der Waals surface area contributed by atoms with Gasteiger partial charge in [0, 0.05) is 23.5 Å². The minimum Gasteiger partial charge on any atom is -0.354 e. The lowest BCUT2D eigenvalue weighted by molar-refractivity contribution is -0.120. The second-order valence-electron chi connectivity index (χ2n) is 7.43. The summed E-state index contributed by atoms with van der Waals surface area (Å²) < 4.78 is 1.89. The predicted molar refractivity (Wildman–Crippen MR) is 128 cm³/mol. The molecule has 0 atom stereocenters. The van der Waals surface area contributed by atoms with Crippen molar-refractivity contribution in [3.63, 3.8) is 0 Å². The Bertz CT molecular complexity index is 1250. The lowest BCUT2D eigenvalue weighted by Gasteiger charge is -2.07. The number of carbonyl (C=O) groups excluding carboxylic acids is 2. The first-order valence-corrected chi connectivity index (χ1v) is 11.5. The number of amides is 2. The zero-order chi connectivity index (χ0) is 22.5. The van der Waals surface area contributed by atoms with E-state index in [1.54, 1.807) is 0 Å². The number of thiophene rings is 1. The van der Waals surface area contributed by atoms with E-state index in [1.807, 2.05) is 72.3 Å². The van der Waals surface area contributed by atoms with Gasteiger partial charge in [0.05, 0.1) is 23.5 Å². The van der Waals surface area contributed by atoms with Crippen molar-refractivity contribution in [2.75, 3.05) is 13.1 Å². The number of aryl methyl sites for hydroxylation is 1. The molecule has 0 bridgehead atoms. The van der Waals surface area contributed by atoms with E-state index in [2.05, 4.69) is 15.7 Å². The molecule has 0 aliphatic heterocycles. The predicted octanol–water partition coefficient (Wildman–Crippen LogP) is 4.20. The van der Waals surface area contributed by atoms with E-state index in [4.69, 9.17) is 11.6 Å². The fraction of sp³-hybridized carbons (Fsp3) is 0.208. The first-order valence-electron chi connectivity index (χ1n) is 10.3. The number of rotatable bonds is 8. The van der Waals surface area contributed by atoms with Gasteiger partial charge in [-0.2, -0.15) is 5.10 Å². The lowest BCUT2D eigenvalue weighted by atomic mass is 10.1. The average Bonchev–Trinajstić information content (AvgIpc) is 3.35. The summed E-state index contributed by atoms with van der Waals surface area (Å²) in [6.07, 6.45) is 0.326. The van der Waals surface area contributed by atoms with Crippen LogP contribution < -0.4 is 10.6 Å². The first-order chi connectivity index (χ1) is 15.5. The molecule has 0 radical (unpaired) electrons. The molecule has 2 heterocycles. The minimum atomic E-state index is -0.160. The zero-order valence-corrected chi connectivity index (χ0v) is 19.2. The Balaban J connectivity index is 1.34. The fourth-order valence-corrected chi connectivity index (χ4v) is 4.70. The minimum absolute atomic E-state index is 0.0670. The number of fused-ring (bicyclic) bond motifs is 1. The molecule has 0 unspecified atom stereocenters. The van der Waals surface area contributed by atoms with Crippen LogP contribution in [0.15, 0.2) is 60.7 Å². The van der Waals surface area contributed by atoms with E-state index >= 15 is 0 Å².